The topological polar surface area (TPSA) is 87.5 Å². The molecule has 0 radical (unpaired) electrons. The second-order valence-electron chi connectivity index (χ2n) is 10.1. The number of anilines is 1. The molecule has 9 heteroatoms. The lowest BCUT2D eigenvalue weighted by molar-refractivity contribution is -0.136. The number of fused-ring (bicyclic) bond motifs is 1. The van der Waals surface area contributed by atoms with Crippen molar-refractivity contribution in [3.05, 3.63) is 81.8 Å². The largest absolute Gasteiger partial charge is 0.481 e. The van der Waals surface area contributed by atoms with Crippen LogP contribution >= 0.6 is 23.2 Å². The Hall–Kier alpha value is -3.55. The van der Waals surface area contributed by atoms with Crippen LogP contribution < -0.4 is 10.2 Å². The third-order valence-corrected chi connectivity index (χ3v) is 7.75. The molecule has 4 rings (SSSR count). The maximum absolute atomic E-state index is 12.7. The zero-order chi connectivity index (χ0) is 29.4. The van der Waals surface area contributed by atoms with E-state index in [-0.39, 0.29) is 18.9 Å². The summed E-state index contributed by atoms with van der Waals surface area (Å²) < 4.78 is 2.11. The van der Waals surface area contributed by atoms with E-state index < -0.39 is 5.97 Å². The molecule has 1 aromatic heterocycles. The molecule has 0 atom stereocenters. The van der Waals surface area contributed by atoms with Crippen LogP contribution in [-0.4, -0.2) is 46.2 Å². The Balaban J connectivity index is 1.71. The number of hydrogen-bond acceptors (Lipinski definition) is 4. The van der Waals surface area contributed by atoms with Crippen molar-refractivity contribution in [2.45, 2.75) is 52.5 Å². The van der Waals surface area contributed by atoms with Crippen LogP contribution in [-0.2, 0) is 11.3 Å². The van der Waals surface area contributed by atoms with Gasteiger partial charge in [0.05, 0.1) is 27.5 Å². The molecule has 0 aliphatic heterocycles. The molecular formula is C32H36Cl2N4O3. The highest BCUT2D eigenvalue weighted by molar-refractivity contribution is 6.42. The van der Waals surface area contributed by atoms with E-state index in [1.54, 1.807) is 18.2 Å². The van der Waals surface area contributed by atoms with Gasteiger partial charge >= 0.3 is 5.97 Å². The van der Waals surface area contributed by atoms with E-state index in [2.05, 4.69) is 52.9 Å². The number of halogens is 2. The highest BCUT2D eigenvalue weighted by Gasteiger charge is 2.17. The summed E-state index contributed by atoms with van der Waals surface area (Å²) in [5, 5.41) is 12.5. The van der Waals surface area contributed by atoms with Crippen molar-refractivity contribution < 1.29 is 14.7 Å². The number of aromatic nitrogens is 2. The van der Waals surface area contributed by atoms with Crippen molar-refractivity contribution in [2.75, 3.05) is 24.5 Å². The number of hydrogen-bond donors (Lipinski definition) is 2. The minimum atomic E-state index is -0.962. The number of carbonyl (C=O) groups is 2. The molecule has 4 aromatic rings. The number of imidazole rings is 1. The second-order valence-corrected chi connectivity index (χ2v) is 10.9. The lowest BCUT2D eigenvalue weighted by Crippen LogP contribution is -2.25. The molecule has 2 N–H and O–H groups in total. The lowest BCUT2D eigenvalue weighted by atomic mass is 10.1. The zero-order valence-electron chi connectivity index (χ0n) is 23.5. The summed E-state index contributed by atoms with van der Waals surface area (Å²) in [6.45, 7) is 7.05. The van der Waals surface area contributed by atoms with Crippen LogP contribution in [0.3, 0.4) is 0 Å². The van der Waals surface area contributed by atoms with Gasteiger partial charge < -0.3 is 19.9 Å². The highest BCUT2D eigenvalue weighted by Crippen LogP contribution is 2.30. The molecule has 1 amide bonds. The van der Waals surface area contributed by atoms with E-state index in [0.717, 1.165) is 61.2 Å². The summed E-state index contributed by atoms with van der Waals surface area (Å²) in [7, 11) is 0. The van der Waals surface area contributed by atoms with E-state index in [9.17, 15) is 9.59 Å². The molecule has 41 heavy (non-hydrogen) atoms. The number of carboxylic acids is 1. The first-order valence-electron chi connectivity index (χ1n) is 14.1. The summed E-state index contributed by atoms with van der Waals surface area (Å²) >= 11 is 12.5. The normalized spacial score (nSPS) is 11.1. The average molecular weight is 596 g/mol. The molecule has 0 saturated heterocycles. The van der Waals surface area contributed by atoms with Gasteiger partial charge in [0.15, 0.2) is 0 Å². The third-order valence-electron chi connectivity index (χ3n) is 7.01. The van der Waals surface area contributed by atoms with Crippen molar-refractivity contribution in [2.24, 2.45) is 0 Å². The Bertz CT molecular complexity index is 1490. The van der Waals surface area contributed by atoms with Gasteiger partial charge in [-0.05, 0) is 73.0 Å². The number of nitrogens with zero attached hydrogens (tertiary/aromatic N) is 3. The predicted octanol–water partition coefficient (Wildman–Crippen LogP) is 7.67. The fourth-order valence-corrected chi connectivity index (χ4v) is 5.07. The van der Waals surface area contributed by atoms with Crippen LogP contribution in [0.5, 0.6) is 0 Å². The molecule has 0 aliphatic carbocycles. The molecule has 0 unspecified atom stereocenters. The van der Waals surface area contributed by atoms with Crippen molar-refractivity contribution in [3.8, 4) is 11.4 Å². The van der Waals surface area contributed by atoms with Crippen molar-refractivity contribution in [3.63, 3.8) is 0 Å². The molecular weight excluding hydrogens is 559 g/mol. The van der Waals surface area contributed by atoms with E-state index in [1.807, 2.05) is 18.2 Å². The maximum Gasteiger partial charge on any atom is 0.305 e. The van der Waals surface area contributed by atoms with Crippen LogP contribution in [0.4, 0.5) is 5.69 Å². The fourth-order valence-electron chi connectivity index (χ4n) is 4.75. The molecule has 0 fully saturated rings. The van der Waals surface area contributed by atoms with E-state index in [1.165, 1.54) is 5.69 Å². The molecule has 0 saturated carbocycles. The number of amides is 1. The summed E-state index contributed by atoms with van der Waals surface area (Å²) in [6.07, 6.45) is 4.47. The second kappa shape index (κ2) is 14.4. The van der Waals surface area contributed by atoms with Gasteiger partial charge in [-0.1, -0.05) is 56.0 Å². The Morgan fingerprint density at radius 2 is 1.63 bits per heavy atom. The minimum Gasteiger partial charge on any atom is -0.481 e. The van der Waals surface area contributed by atoms with Gasteiger partial charge in [-0.15, -0.1) is 0 Å². The Morgan fingerprint density at radius 1 is 0.927 bits per heavy atom. The van der Waals surface area contributed by atoms with Gasteiger partial charge in [0.25, 0.3) is 5.91 Å². The number of nitrogens with one attached hydrogen (secondary N) is 1. The van der Waals surface area contributed by atoms with Crippen LogP contribution in [0.25, 0.3) is 22.4 Å². The SMILES string of the molecule is CCCCN(CCCC)c1ccc(-c2nc3cc(C(=O)NCCC(=O)O)ccc3n2Cc2ccc(Cl)c(Cl)c2)cc1. The lowest BCUT2D eigenvalue weighted by Gasteiger charge is -2.25. The minimum absolute atomic E-state index is 0.0586. The molecule has 0 bridgehead atoms. The third kappa shape index (κ3) is 7.80. The van der Waals surface area contributed by atoms with Crippen LogP contribution in [0, 0.1) is 0 Å². The Labute approximate surface area is 251 Å². The molecule has 7 nitrogen and oxygen atoms in total. The smallest absolute Gasteiger partial charge is 0.305 e. The van der Waals surface area contributed by atoms with Gasteiger partial charge in [-0.25, -0.2) is 4.98 Å². The molecule has 0 spiro atoms. The van der Waals surface area contributed by atoms with Crippen LogP contribution in [0.1, 0.15) is 61.9 Å². The standard InChI is InChI=1S/C32H36Cl2N4O3/c1-3-5-17-37(18-6-4-2)25-11-8-23(9-12-25)31-36-28-20-24(32(41)35-16-15-30(39)40)10-14-29(28)38(31)21-22-7-13-26(33)27(34)19-22/h7-14,19-20H,3-6,15-18,21H2,1-2H3,(H,35,41)(H,39,40). The van der Waals surface area contributed by atoms with Crippen molar-refractivity contribution in [1.29, 1.82) is 0 Å². The van der Waals surface area contributed by atoms with Crippen LogP contribution in [0.15, 0.2) is 60.7 Å². The van der Waals surface area contributed by atoms with Gasteiger partial charge in [-0.2, -0.15) is 0 Å². The first kappa shape index (κ1) is 30.4. The van der Waals surface area contributed by atoms with E-state index >= 15 is 0 Å². The van der Waals surface area contributed by atoms with Gasteiger partial charge in [0.2, 0.25) is 0 Å². The van der Waals surface area contributed by atoms with Crippen molar-refractivity contribution >= 4 is 51.8 Å². The molecule has 0 aliphatic rings. The average Bonchev–Trinajstić information content (AvgIpc) is 3.32. The number of carbonyl (C=O) groups excluding carboxylic acids is 1. The summed E-state index contributed by atoms with van der Waals surface area (Å²) in [6, 6.07) is 19.5. The monoisotopic (exact) mass is 594 g/mol. The predicted molar refractivity (Wildman–Crippen MR) is 167 cm³/mol. The Kier molecular flexibility index (Phi) is 10.7. The van der Waals surface area contributed by atoms with E-state index in [0.29, 0.717) is 27.7 Å². The highest BCUT2D eigenvalue weighted by atomic mass is 35.5. The fraction of sp³-hybridized carbons (Fsp3) is 0.344. The van der Waals surface area contributed by atoms with Gasteiger partial charge in [-0.3, -0.25) is 9.59 Å². The summed E-state index contributed by atoms with van der Waals surface area (Å²) in [5.41, 5.74) is 5.09. The summed E-state index contributed by atoms with van der Waals surface area (Å²) in [5.74, 6) is -0.525. The molecule has 216 valence electrons. The first-order chi connectivity index (χ1) is 19.8. The first-order valence-corrected chi connectivity index (χ1v) is 14.9. The Morgan fingerprint density at radius 3 is 2.27 bits per heavy atom. The molecule has 1 heterocycles. The number of unbranched alkanes of at least 4 members (excludes halogenated alkanes) is 2. The number of rotatable bonds is 14. The number of carboxylic acid groups (broad SMARTS) is 1. The zero-order valence-corrected chi connectivity index (χ0v) is 25.0. The summed E-state index contributed by atoms with van der Waals surface area (Å²) in [4.78, 5) is 30.9. The van der Waals surface area contributed by atoms with Crippen molar-refractivity contribution in [1.82, 2.24) is 14.9 Å². The number of benzene rings is 3. The van der Waals surface area contributed by atoms with Crippen LogP contribution in [0.2, 0.25) is 10.0 Å². The van der Waals surface area contributed by atoms with Gasteiger partial charge in [0, 0.05) is 43.0 Å². The quantitative estimate of drug-likeness (QED) is 0.156. The van der Waals surface area contributed by atoms with Gasteiger partial charge in [0.1, 0.15) is 5.82 Å². The van der Waals surface area contributed by atoms with E-state index in [4.69, 9.17) is 33.3 Å². The maximum atomic E-state index is 12.7. The molecule has 3 aromatic carbocycles. The number of aliphatic carboxylic acids is 1.